The Kier molecular flexibility index (Phi) is 5.58. The fourth-order valence-corrected chi connectivity index (χ4v) is 3.42. The maximum atomic E-state index is 12.6. The molecule has 2 aromatic carbocycles. The first-order chi connectivity index (χ1) is 14.3. The van der Waals surface area contributed by atoms with Gasteiger partial charge in [-0.2, -0.15) is 13.2 Å². The van der Waals surface area contributed by atoms with E-state index in [4.69, 9.17) is 16.3 Å². The third-order valence-corrected chi connectivity index (χ3v) is 5.84. The number of nitrogens with one attached hydrogen (secondary N) is 1. The van der Waals surface area contributed by atoms with Crippen LogP contribution in [0.3, 0.4) is 0 Å². The first-order valence-electron chi connectivity index (χ1n) is 8.14. The molecule has 0 bridgehead atoms. The number of benzene rings is 2. The summed E-state index contributed by atoms with van der Waals surface area (Å²) in [6, 6.07) is 7.21. The molecule has 0 aliphatic rings. The largest absolute Gasteiger partial charge is 0.501 e. The molecule has 0 saturated carbocycles. The number of rotatable bonds is 4. The standard InChI is InChI=1S/C17H11ClF3N3O6S/c1-23-14(25)22-15(26)24(16(23)27)9-2-7-13(12(18)8-9)30-10-3-5-11(6-4-10)31(28,29)17(19,20)21/h2-8H,1H3,(H,22,25,26). The van der Waals surface area contributed by atoms with Crippen LogP contribution in [0.25, 0.3) is 5.69 Å². The van der Waals surface area contributed by atoms with E-state index in [0.29, 0.717) is 9.13 Å². The number of H-pyrrole nitrogens is 1. The minimum Gasteiger partial charge on any atom is -0.456 e. The van der Waals surface area contributed by atoms with Crippen LogP contribution in [0.1, 0.15) is 0 Å². The van der Waals surface area contributed by atoms with Crippen LogP contribution < -0.4 is 21.8 Å². The highest BCUT2D eigenvalue weighted by atomic mass is 35.5. The lowest BCUT2D eigenvalue weighted by molar-refractivity contribution is -0.0436. The monoisotopic (exact) mass is 477 g/mol. The number of alkyl halides is 3. The minimum atomic E-state index is -5.50. The highest BCUT2D eigenvalue weighted by molar-refractivity contribution is 7.92. The van der Waals surface area contributed by atoms with Crippen molar-refractivity contribution in [2.75, 3.05) is 0 Å². The van der Waals surface area contributed by atoms with Gasteiger partial charge in [0.05, 0.1) is 15.6 Å². The van der Waals surface area contributed by atoms with Gasteiger partial charge in [0.1, 0.15) is 11.5 Å². The van der Waals surface area contributed by atoms with Crippen molar-refractivity contribution in [3.05, 3.63) is 78.9 Å². The highest BCUT2D eigenvalue weighted by Gasteiger charge is 2.46. The summed E-state index contributed by atoms with van der Waals surface area (Å²) in [6.45, 7) is 0. The van der Waals surface area contributed by atoms with Crippen LogP contribution in [0.4, 0.5) is 13.2 Å². The molecule has 0 spiro atoms. The summed E-state index contributed by atoms with van der Waals surface area (Å²) < 4.78 is 67.3. The molecule has 14 heteroatoms. The van der Waals surface area contributed by atoms with Gasteiger partial charge >= 0.3 is 22.6 Å². The van der Waals surface area contributed by atoms with E-state index < -0.39 is 37.3 Å². The molecular weight excluding hydrogens is 467 g/mol. The summed E-state index contributed by atoms with van der Waals surface area (Å²) in [6.07, 6.45) is 0. The summed E-state index contributed by atoms with van der Waals surface area (Å²) in [5.74, 6) is -0.0148. The lowest BCUT2D eigenvalue weighted by Crippen LogP contribution is -2.47. The Bertz CT molecular complexity index is 1440. The molecule has 0 fully saturated rings. The summed E-state index contributed by atoms with van der Waals surface area (Å²) in [4.78, 5) is 36.6. The Balaban J connectivity index is 1.92. The predicted octanol–water partition coefficient (Wildman–Crippen LogP) is 1.96. The summed E-state index contributed by atoms with van der Waals surface area (Å²) in [7, 11) is -4.33. The molecule has 0 atom stereocenters. The van der Waals surface area contributed by atoms with Gasteiger partial charge in [-0.1, -0.05) is 11.6 Å². The number of sulfone groups is 1. The van der Waals surface area contributed by atoms with Crippen molar-refractivity contribution in [2.24, 2.45) is 7.05 Å². The first kappa shape index (κ1) is 22.4. The van der Waals surface area contributed by atoms with Gasteiger partial charge in [0.25, 0.3) is 9.84 Å². The van der Waals surface area contributed by atoms with E-state index in [0.717, 1.165) is 24.3 Å². The van der Waals surface area contributed by atoms with Crippen molar-refractivity contribution < 1.29 is 26.3 Å². The van der Waals surface area contributed by atoms with Gasteiger partial charge in [-0.15, -0.1) is 0 Å². The second kappa shape index (κ2) is 7.74. The van der Waals surface area contributed by atoms with E-state index >= 15 is 0 Å². The molecule has 0 aliphatic carbocycles. The van der Waals surface area contributed by atoms with Crippen LogP contribution in [0.2, 0.25) is 5.02 Å². The molecule has 0 radical (unpaired) electrons. The Morgan fingerprint density at radius 3 is 2.16 bits per heavy atom. The zero-order valence-corrected chi connectivity index (χ0v) is 16.9. The van der Waals surface area contributed by atoms with Crippen LogP contribution in [0.15, 0.2) is 61.7 Å². The molecule has 9 nitrogen and oxygen atoms in total. The summed E-state index contributed by atoms with van der Waals surface area (Å²) in [5.41, 5.74) is -8.22. The van der Waals surface area contributed by atoms with Gasteiger partial charge < -0.3 is 4.74 Å². The van der Waals surface area contributed by atoms with Crippen molar-refractivity contribution in [2.45, 2.75) is 10.4 Å². The van der Waals surface area contributed by atoms with Gasteiger partial charge in [0, 0.05) is 7.05 Å². The van der Waals surface area contributed by atoms with Crippen LogP contribution in [0.5, 0.6) is 11.5 Å². The minimum absolute atomic E-state index is 0.00569. The third kappa shape index (κ3) is 4.14. The lowest BCUT2D eigenvalue weighted by atomic mass is 10.3. The quantitative estimate of drug-likeness (QED) is 0.613. The maximum absolute atomic E-state index is 12.6. The molecule has 1 aromatic heterocycles. The molecule has 0 unspecified atom stereocenters. The van der Waals surface area contributed by atoms with E-state index in [1.807, 2.05) is 4.98 Å². The molecule has 0 aliphatic heterocycles. The van der Waals surface area contributed by atoms with Crippen molar-refractivity contribution in [1.29, 1.82) is 0 Å². The first-order valence-corrected chi connectivity index (χ1v) is 10.0. The zero-order valence-electron chi connectivity index (χ0n) is 15.3. The molecule has 164 valence electrons. The van der Waals surface area contributed by atoms with Crippen LogP contribution in [-0.4, -0.2) is 28.0 Å². The molecule has 1 heterocycles. The van der Waals surface area contributed by atoms with E-state index in [-0.39, 0.29) is 22.2 Å². The second-order valence-corrected chi connectivity index (χ2v) is 8.40. The van der Waals surface area contributed by atoms with Gasteiger partial charge in [0.15, 0.2) is 0 Å². The number of hydrogen-bond donors (Lipinski definition) is 1. The molecular formula is C17H11ClF3N3O6S. The van der Waals surface area contributed by atoms with Crippen LogP contribution >= 0.6 is 11.6 Å². The van der Waals surface area contributed by atoms with E-state index in [1.54, 1.807) is 0 Å². The van der Waals surface area contributed by atoms with E-state index in [1.165, 1.54) is 25.2 Å². The number of hydrogen-bond acceptors (Lipinski definition) is 6. The van der Waals surface area contributed by atoms with Gasteiger partial charge in [-0.05, 0) is 42.5 Å². The molecule has 0 saturated heterocycles. The van der Waals surface area contributed by atoms with Gasteiger partial charge in [-0.25, -0.2) is 31.9 Å². The molecule has 1 N–H and O–H groups in total. The molecule has 0 amide bonds. The van der Waals surface area contributed by atoms with Crippen molar-refractivity contribution in [1.82, 2.24) is 14.1 Å². The number of aromatic amines is 1. The predicted molar refractivity (Wildman–Crippen MR) is 103 cm³/mol. The maximum Gasteiger partial charge on any atom is 0.501 e. The zero-order chi connectivity index (χ0) is 23.1. The average molecular weight is 478 g/mol. The Morgan fingerprint density at radius 2 is 1.61 bits per heavy atom. The molecule has 3 rings (SSSR count). The number of halogens is 4. The van der Waals surface area contributed by atoms with Crippen molar-refractivity contribution in [3.63, 3.8) is 0 Å². The van der Waals surface area contributed by atoms with Gasteiger partial charge in [-0.3, -0.25) is 4.98 Å². The van der Waals surface area contributed by atoms with Crippen molar-refractivity contribution >= 4 is 21.4 Å². The Morgan fingerprint density at radius 1 is 1.00 bits per heavy atom. The van der Waals surface area contributed by atoms with Crippen LogP contribution in [-0.2, 0) is 16.9 Å². The average Bonchev–Trinajstić information content (AvgIpc) is 2.68. The SMILES string of the molecule is Cn1c(=O)[nH]c(=O)n(-c2ccc(Oc3ccc(S(=O)(=O)C(F)(F)F)cc3)c(Cl)c2)c1=O. The summed E-state index contributed by atoms with van der Waals surface area (Å²) >= 11 is 6.10. The fourth-order valence-electron chi connectivity index (χ4n) is 2.44. The third-order valence-electron chi connectivity index (χ3n) is 4.04. The van der Waals surface area contributed by atoms with Gasteiger partial charge in [0.2, 0.25) is 0 Å². The molecule has 31 heavy (non-hydrogen) atoms. The molecule has 3 aromatic rings. The van der Waals surface area contributed by atoms with E-state index in [2.05, 4.69) is 0 Å². The number of aromatic nitrogens is 3. The smallest absolute Gasteiger partial charge is 0.456 e. The van der Waals surface area contributed by atoms with Crippen molar-refractivity contribution in [3.8, 4) is 17.2 Å². The lowest BCUT2D eigenvalue weighted by Gasteiger charge is -2.12. The second-order valence-electron chi connectivity index (χ2n) is 6.05. The van der Waals surface area contributed by atoms with Crippen LogP contribution in [0, 0.1) is 0 Å². The highest BCUT2D eigenvalue weighted by Crippen LogP contribution is 2.33. The Hall–Kier alpha value is -3.32. The Labute approximate surface area is 175 Å². The number of nitrogens with zero attached hydrogens (tertiary/aromatic N) is 2. The normalized spacial score (nSPS) is 12.0. The fraction of sp³-hybridized carbons (Fsp3) is 0.118. The van der Waals surface area contributed by atoms with E-state index in [9.17, 15) is 36.0 Å². The number of ether oxygens (including phenoxy) is 1. The topological polar surface area (TPSA) is 120 Å². The summed E-state index contributed by atoms with van der Waals surface area (Å²) in [5, 5.41) is -0.0790.